The van der Waals surface area contributed by atoms with E-state index in [1.165, 1.54) is 4.90 Å². The topological polar surface area (TPSA) is 205 Å². The van der Waals surface area contributed by atoms with Crippen molar-refractivity contribution in [3.8, 4) is 27.4 Å². The van der Waals surface area contributed by atoms with E-state index in [1.54, 1.807) is 23.5 Å². The number of rotatable bonds is 12. The molecule has 2 unspecified atom stereocenters. The molecule has 7 heterocycles. The van der Waals surface area contributed by atoms with Gasteiger partial charge < -0.3 is 40.5 Å². The van der Waals surface area contributed by atoms with Crippen molar-refractivity contribution in [2.45, 2.75) is 89.9 Å². The molecule has 6 aromatic rings. The number of aromatic nitrogens is 6. The molecule has 0 radical (unpaired) electrons. The number of piperidine rings is 2. The predicted molar refractivity (Wildman–Crippen MR) is 246 cm³/mol. The zero-order valence-corrected chi connectivity index (χ0v) is 37.6. The number of anilines is 2. The first-order chi connectivity index (χ1) is 30.9. The Labute approximate surface area is 376 Å². The number of thiazole rings is 1. The highest BCUT2D eigenvalue weighted by molar-refractivity contribution is 7.13. The van der Waals surface area contributed by atoms with Crippen LogP contribution in [-0.4, -0.2) is 113 Å². The van der Waals surface area contributed by atoms with E-state index in [9.17, 15) is 19.8 Å². The zero-order chi connectivity index (χ0) is 44.6. The summed E-state index contributed by atoms with van der Waals surface area (Å²) in [5.74, 6) is 0.905. The fourth-order valence-corrected chi connectivity index (χ4v) is 10.6. The molecule has 3 aliphatic rings. The number of aliphatic hydroxyl groups excluding tert-OH is 1. The van der Waals surface area contributed by atoms with Crippen LogP contribution in [0.3, 0.4) is 0 Å². The second-order valence-electron chi connectivity index (χ2n) is 18.1. The van der Waals surface area contributed by atoms with Gasteiger partial charge in [0.2, 0.25) is 11.8 Å². The van der Waals surface area contributed by atoms with Crippen molar-refractivity contribution < 1.29 is 24.3 Å². The number of carbonyl (C=O) groups excluding carboxylic acids is 2. The van der Waals surface area contributed by atoms with Gasteiger partial charge in [-0.2, -0.15) is 5.10 Å². The molecule has 5 N–H and O–H groups in total. The summed E-state index contributed by atoms with van der Waals surface area (Å²) < 4.78 is 7.92. The summed E-state index contributed by atoms with van der Waals surface area (Å²) in [7, 11) is 0. The van der Waals surface area contributed by atoms with Gasteiger partial charge in [0.15, 0.2) is 22.9 Å². The van der Waals surface area contributed by atoms with E-state index in [-0.39, 0.29) is 48.5 Å². The highest BCUT2D eigenvalue weighted by Crippen LogP contribution is 2.36. The molecule has 4 aromatic heterocycles. The molecule has 17 heteroatoms. The summed E-state index contributed by atoms with van der Waals surface area (Å²) in [6.07, 6.45) is 3.26. The number of amides is 2. The molecule has 3 fully saturated rings. The average molecular weight is 888 g/mol. The number of carbonyl (C=O) groups is 2. The third kappa shape index (κ3) is 8.80. The molecule has 3 saturated heterocycles. The van der Waals surface area contributed by atoms with Gasteiger partial charge in [0.1, 0.15) is 17.7 Å². The number of phenolic OH excluding ortho intramolecular Hbond substituents is 1. The smallest absolute Gasteiger partial charge is 0.243 e. The quantitative estimate of drug-likeness (QED) is 0.106. The number of benzene rings is 2. The summed E-state index contributed by atoms with van der Waals surface area (Å²) in [5.41, 5.74) is 13.7. The number of phenols is 1. The normalized spacial score (nSPS) is 20.0. The standard InChI is InChI=1S/C47H57N11O5S/c1-27(2)42(47(62)57-25-34(59)21-38(57)46(61)50-28(3)31-9-11-32(12-10-31)44-29(4)49-26-64-44)40-23-41(54-63-40)56-19-13-30(14-20-56)24-55-17-15-33(16-18-55)58-37-22-36(35-7-5-6-8-39(35)60)51-52-43(37)45(48)53-58/h5-12,22-23,26-28,30,33-34,38,42,59-60H,13-21,24-25H2,1-4H3,(H2,48,53)(H,50,61)/t28?,34-,38+,42?/m1/s1. The van der Waals surface area contributed by atoms with Gasteiger partial charge in [-0.1, -0.05) is 55.4 Å². The number of nitrogens with zero attached hydrogens (tertiary/aromatic N) is 9. The van der Waals surface area contributed by atoms with Crippen LogP contribution in [0.4, 0.5) is 11.6 Å². The van der Waals surface area contributed by atoms with Gasteiger partial charge in [0, 0.05) is 57.3 Å². The zero-order valence-electron chi connectivity index (χ0n) is 36.8. The molecule has 0 saturated carbocycles. The lowest BCUT2D eigenvalue weighted by Crippen LogP contribution is -2.48. The SMILES string of the molecule is Cc1ncsc1-c1ccc(C(C)NC(=O)[C@@H]2C[C@@H](O)CN2C(=O)C(c2cc(N3CCC(CN4CCC(n5nc(N)c6nnc(-c7ccccc7O)cc65)CC4)CC3)no2)C(C)C)cc1. The number of aryl methyl sites for hydroxylation is 1. The van der Waals surface area contributed by atoms with Gasteiger partial charge in [0.05, 0.1) is 45.5 Å². The number of nitrogens with one attached hydrogen (secondary N) is 1. The summed E-state index contributed by atoms with van der Waals surface area (Å²) in [6, 6.07) is 18.1. The highest BCUT2D eigenvalue weighted by atomic mass is 32.1. The Bertz CT molecular complexity index is 2590. The molecule has 3 aliphatic heterocycles. The van der Waals surface area contributed by atoms with E-state index in [0.717, 1.165) is 91.4 Å². The van der Waals surface area contributed by atoms with Crippen LogP contribution in [0.15, 0.2) is 70.7 Å². The Morgan fingerprint density at radius 3 is 2.44 bits per heavy atom. The number of hydrogen-bond acceptors (Lipinski definition) is 14. The van der Waals surface area contributed by atoms with Crippen LogP contribution < -0.4 is 16.0 Å². The fraction of sp³-hybridized carbons (Fsp3) is 0.468. The number of hydrogen-bond donors (Lipinski definition) is 4. The Balaban J connectivity index is 0.778. The lowest BCUT2D eigenvalue weighted by atomic mass is 9.91. The van der Waals surface area contributed by atoms with Gasteiger partial charge >= 0.3 is 0 Å². The Morgan fingerprint density at radius 1 is 0.984 bits per heavy atom. The minimum absolute atomic E-state index is 0.0787. The van der Waals surface area contributed by atoms with Crippen molar-refractivity contribution in [1.29, 1.82) is 0 Å². The van der Waals surface area contributed by atoms with Crippen molar-refractivity contribution in [3.05, 3.63) is 83.2 Å². The maximum atomic E-state index is 14.3. The summed E-state index contributed by atoms with van der Waals surface area (Å²) in [4.78, 5) is 39.9. The summed E-state index contributed by atoms with van der Waals surface area (Å²) in [6.45, 7) is 12.5. The van der Waals surface area contributed by atoms with Gasteiger partial charge in [-0.25, -0.2) is 4.98 Å². The van der Waals surface area contributed by atoms with E-state index in [1.807, 2.05) is 86.4 Å². The Hall–Kier alpha value is -5.91. The number of nitrogen functional groups attached to an aromatic ring is 1. The van der Waals surface area contributed by atoms with E-state index in [2.05, 4.69) is 40.6 Å². The number of aromatic hydroxyl groups is 1. The number of β-amino-alcohol motifs (C(OH)–C–C–N with tert-alkyl or cyclic N) is 1. The Kier molecular flexibility index (Phi) is 12.4. The molecule has 4 atom stereocenters. The summed E-state index contributed by atoms with van der Waals surface area (Å²) >= 11 is 1.60. The van der Waals surface area contributed by atoms with E-state index >= 15 is 0 Å². The Morgan fingerprint density at radius 2 is 1.73 bits per heavy atom. The van der Waals surface area contributed by atoms with Crippen LogP contribution in [0.1, 0.15) is 87.9 Å². The largest absolute Gasteiger partial charge is 0.507 e. The second-order valence-corrected chi connectivity index (χ2v) is 19.0. The van der Waals surface area contributed by atoms with Crippen molar-refractivity contribution in [2.75, 3.05) is 49.9 Å². The molecule has 64 heavy (non-hydrogen) atoms. The molecule has 0 spiro atoms. The molecule has 336 valence electrons. The van der Waals surface area contributed by atoms with Gasteiger partial charge in [0.25, 0.3) is 0 Å². The van der Waals surface area contributed by atoms with E-state index in [4.69, 9.17) is 10.3 Å². The molecule has 0 bridgehead atoms. The minimum Gasteiger partial charge on any atom is -0.507 e. The molecule has 9 rings (SSSR count). The lowest BCUT2D eigenvalue weighted by molar-refractivity contribution is -0.141. The van der Waals surface area contributed by atoms with Crippen LogP contribution in [0, 0.1) is 18.8 Å². The minimum atomic E-state index is -0.806. The first-order valence-corrected chi connectivity index (χ1v) is 23.3. The third-order valence-corrected chi connectivity index (χ3v) is 14.4. The maximum Gasteiger partial charge on any atom is 0.243 e. The molecular weight excluding hydrogens is 831 g/mol. The molecule has 0 aliphatic carbocycles. The maximum absolute atomic E-state index is 14.3. The number of nitrogens with two attached hydrogens (primary N) is 1. The van der Waals surface area contributed by atoms with Crippen LogP contribution in [-0.2, 0) is 9.59 Å². The molecule has 2 aromatic carbocycles. The van der Waals surface area contributed by atoms with Crippen molar-refractivity contribution in [2.24, 2.45) is 11.8 Å². The van der Waals surface area contributed by atoms with E-state index < -0.39 is 18.1 Å². The number of aliphatic hydroxyl groups is 1. The second kappa shape index (κ2) is 18.3. The fourth-order valence-electron chi connectivity index (χ4n) is 9.80. The van der Waals surface area contributed by atoms with Crippen LogP contribution >= 0.6 is 11.3 Å². The van der Waals surface area contributed by atoms with Crippen molar-refractivity contribution in [1.82, 2.24) is 45.2 Å². The predicted octanol–water partition coefficient (Wildman–Crippen LogP) is 6.33. The van der Waals surface area contributed by atoms with Crippen molar-refractivity contribution in [3.63, 3.8) is 0 Å². The number of fused-ring (bicyclic) bond motifs is 1. The third-order valence-electron chi connectivity index (χ3n) is 13.4. The van der Waals surface area contributed by atoms with Gasteiger partial charge in [-0.15, -0.1) is 21.5 Å². The van der Waals surface area contributed by atoms with Crippen LogP contribution in [0.5, 0.6) is 5.75 Å². The monoisotopic (exact) mass is 887 g/mol. The first-order valence-electron chi connectivity index (χ1n) is 22.4. The van der Waals surface area contributed by atoms with Gasteiger partial charge in [-0.3, -0.25) is 14.3 Å². The van der Waals surface area contributed by atoms with Crippen molar-refractivity contribution >= 4 is 45.8 Å². The number of likely N-dealkylation sites (tertiary alicyclic amines) is 2. The summed E-state index contributed by atoms with van der Waals surface area (Å²) in [5, 5.41) is 42.1. The average Bonchev–Trinajstić information content (AvgIpc) is 4.11. The number of para-hydroxylation sites is 1. The lowest BCUT2D eigenvalue weighted by Gasteiger charge is -2.37. The highest BCUT2D eigenvalue weighted by Gasteiger charge is 2.44. The van der Waals surface area contributed by atoms with Crippen LogP contribution in [0.25, 0.3) is 32.7 Å². The van der Waals surface area contributed by atoms with Crippen LogP contribution in [0.2, 0.25) is 0 Å². The molecule has 16 nitrogen and oxygen atoms in total. The van der Waals surface area contributed by atoms with Gasteiger partial charge in [-0.05, 0) is 80.7 Å². The first kappa shape index (κ1) is 43.3. The molecule has 2 amide bonds. The van der Waals surface area contributed by atoms with E-state index in [0.29, 0.717) is 34.3 Å². The molecular formula is C47H57N11O5S.